The van der Waals surface area contributed by atoms with Gasteiger partial charge in [-0.15, -0.1) is 0 Å². The van der Waals surface area contributed by atoms with E-state index in [1.54, 1.807) is 0 Å². The zero-order valence-electron chi connectivity index (χ0n) is 12.8. The van der Waals surface area contributed by atoms with Crippen LogP contribution < -0.4 is 5.32 Å². The van der Waals surface area contributed by atoms with Gasteiger partial charge in [0.05, 0.1) is 0 Å². The molecule has 1 N–H and O–H groups in total. The summed E-state index contributed by atoms with van der Waals surface area (Å²) in [6, 6.07) is 4.23. The Bertz CT molecular complexity index is 473. The van der Waals surface area contributed by atoms with Crippen LogP contribution in [0.25, 0.3) is 0 Å². The van der Waals surface area contributed by atoms with Crippen molar-refractivity contribution in [3.05, 3.63) is 23.4 Å². The summed E-state index contributed by atoms with van der Waals surface area (Å²) in [5.41, 5.74) is 1.74. The maximum absolute atomic E-state index is 12.7. The van der Waals surface area contributed by atoms with Gasteiger partial charge in [-0.1, -0.05) is 13.8 Å². The molecule has 2 rings (SSSR count). The van der Waals surface area contributed by atoms with E-state index in [1.165, 1.54) is 0 Å². The SMILES string of the molecule is CCNc1cc(C(=O)N2CCCC2CC)cc(CC)n1. The lowest BCUT2D eigenvalue weighted by molar-refractivity contribution is 0.0733. The van der Waals surface area contributed by atoms with Gasteiger partial charge in [0.15, 0.2) is 0 Å². The van der Waals surface area contributed by atoms with Crippen LogP contribution in [-0.2, 0) is 6.42 Å². The average molecular weight is 275 g/mol. The van der Waals surface area contributed by atoms with Crippen LogP contribution in [0.4, 0.5) is 5.82 Å². The number of amides is 1. The molecule has 0 aromatic carbocycles. The highest BCUT2D eigenvalue weighted by molar-refractivity contribution is 5.95. The molecule has 0 radical (unpaired) electrons. The lowest BCUT2D eigenvalue weighted by Gasteiger charge is -2.24. The third kappa shape index (κ3) is 3.11. The first-order valence-corrected chi connectivity index (χ1v) is 7.75. The van der Waals surface area contributed by atoms with Gasteiger partial charge < -0.3 is 10.2 Å². The number of nitrogens with zero attached hydrogens (tertiary/aromatic N) is 2. The normalized spacial score (nSPS) is 18.4. The van der Waals surface area contributed by atoms with E-state index in [2.05, 4.69) is 24.1 Å². The Kier molecular flexibility index (Phi) is 4.99. The summed E-state index contributed by atoms with van der Waals surface area (Å²) in [4.78, 5) is 19.3. The molecule has 1 saturated heterocycles. The minimum atomic E-state index is 0.158. The Morgan fingerprint density at radius 2 is 2.20 bits per heavy atom. The van der Waals surface area contributed by atoms with Gasteiger partial charge in [0.25, 0.3) is 5.91 Å². The summed E-state index contributed by atoms with van der Waals surface area (Å²) in [6.45, 7) is 7.96. The van der Waals surface area contributed by atoms with Crippen LogP contribution in [0, 0.1) is 0 Å². The van der Waals surface area contributed by atoms with Crippen LogP contribution in [0.1, 0.15) is 56.1 Å². The second kappa shape index (κ2) is 6.73. The van der Waals surface area contributed by atoms with E-state index >= 15 is 0 Å². The average Bonchev–Trinajstić information content (AvgIpc) is 2.94. The fourth-order valence-corrected chi connectivity index (χ4v) is 2.86. The van der Waals surface area contributed by atoms with Crippen molar-refractivity contribution in [2.45, 2.75) is 52.5 Å². The number of aromatic nitrogens is 1. The molecule has 0 bridgehead atoms. The Labute approximate surface area is 121 Å². The van der Waals surface area contributed by atoms with Crippen LogP contribution in [0.5, 0.6) is 0 Å². The Morgan fingerprint density at radius 3 is 2.85 bits per heavy atom. The summed E-state index contributed by atoms with van der Waals surface area (Å²) in [6.07, 6.45) is 4.14. The highest BCUT2D eigenvalue weighted by Gasteiger charge is 2.28. The molecular formula is C16H25N3O. The number of hydrogen-bond acceptors (Lipinski definition) is 3. The molecule has 110 valence electrons. The van der Waals surface area contributed by atoms with Crippen LogP contribution in [0.15, 0.2) is 12.1 Å². The van der Waals surface area contributed by atoms with Gasteiger partial charge in [-0.25, -0.2) is 4.98 Å². The van der Waals surface area contributed by atoms with Gasteiger partial charge in [0.2, 0.25) is 0 Å². The molecule has 4 nitrogen and oxygen atoms in total. The van der Waals surface area contributed by atoms with Crippen molar-refractivity contribution in [2.24, 2.45) is 0 Å². The molecule has 1 aromatic rings. The zero-order chi connectivity index (χ0) is 14.5. The molecule has 1 aliphatic heterocycles. The number of carbonyl (C=O) groups excluding carboxylic acids is 1. The molecule has 0 saturated carbocycles. The highest BCUT2D eigenvalue weighted by Crippen LogP contribution is 2.23. The summed E-state index contributed by atoms with van der Waals surface area (Å²) < 4.78 is 0. The minimum absolute atomic E-state index is 0.158. The third-order valence-electron chi connectivity index (χ3n) is 3.95. The standard InChI is InChI=1S/C16H25N3O/c1-4-13-10-12(11-15(18-13)17-6-3)16(20)19-9-7-8-14(19)5-2/h10-11,14H,4-9H2,1-3H3,(H,17,18). The predicted octanol–water partition coefficient (Wildman–Crippen LogP) is 3.09. The zero-order valence-corrected chi connectivity index (χ0v) is 12.8. The van der Waals surface area contributed by atoms with E-state index in [1.807, 2.05) is 24.0 Å². The molecule has 0 aliphatic carbocycles. The second-order valence-electron chi connectivity index (χ2n) is 5.32. The molecule has 20 heavy (non-hydrogen) atoms. The van der Waals surface area contributed by atoms with E-state index in [9.17, 15) is 4.79 Å². The molecule has 0 spiro atoms. The van der Waals surface area contributed by atoms with Crippen LogP contribution in [-0.4, -0.2) is 34.9 Å². The second-order valence-corrected chi connectivity index (χ2v) is 5.32. The summed E-state index contributed by atoms with van der Waals surface area (Å²) in [7, 11) is 0. The highest BCUT2D eigenvalue weighted by atomic mass is 16.2. The van der Waals surface area contributed by atoms with Crippen molar-refractivity contribution in [3.63, 3.8) is 0 Å². The van der Waals surface area contributed by atoms with E-state index < -0.39 is 0 Å². The molecule has 1 amide bonds. The Hall–Kier alpha value is -1.58. The largest absolute Gasteiger partial charge is 0.370 e. The van der Waals surface area contributed by atoms with Crippen molar-refractivity contribution in [1.29, 1.82) is 0 Å². The smallest absolute Gasteiger partial charge is 0.254 e. The number of nitrogens with one attached hydrogen (secondary N) is 1. The number of anilines is 1. The minimum Gasteiger partial charge on any atom is -0.370 e. The topological polar surface area (TPSA) is 45.2 Å². The van der Waals surface area contributed by atoms with Crippen molar-refractivity contribution in [2.75, 3.05) is 18.4 Å². The first-order valence-electron chi connectivity index (χ1n) is 7.75. The lowest BCUT2D eigenvalue weighted by atomic mass is 10.1. The number of carbonyl (C=O) groups is 1. The number of likely N-dealkylation sites (tertiary alicyclic amines) is 1. The maximum atomic E-state index is 12.7. The van der Waals surface area contributed by atoms with Crippen LogP contribution in [0.3, 0.4) is 0 Å². The molecule has 1 fully saturated rings. The number of pyridine rings is 1. The number of aryl methyl sites for hydroxylation is 1. The van der Waals surface area contributed by atoms with Gasteiger partial charge in [-0.2, -0.15) is 0 Å². The van der Waals surface area contributed by atoms with Crippen LogP contribution >= 0.6 is 0 Å². The van der Waals surface area contributed by atoms with Crippen LogP contribution in [0.2, 0.25) is 0 Å². The van der Waals surface area contributed by atoms with Gasteiger partial charge in [-0.05, 0) is 44.7 Å². The maximum Gasteiger partial charge on any atom is 0.254 e. The van der Waals surface area contributed by atoms with E-state index in [4.69, 9.17) is 0 Å². The summed E-state index contributed by atoms with van der Waals surface area (Å²) >= 11 is 0. The van der Waals surface area contributed by atoms with E-state index in [0.29, 0.717) is 6.04 Å². The molecule has 1 aromatic heterocycles. The van der Waals surface area contributed by atoms with Crippen molar-refractivity contribution in [3.8, 4) is 0 Å². The van der Waals surface area contributed by atoms with Gasteiger partial charge in [-0.3, -0.25) is 4.79 Å². The third-order valence-corrected chi connectivity index (χ3v) is 3.95. The Balaban J connectivity index is 2.26. The first-order chi connectivity index (χ1) is 9.69. The van der Waals surface area contributed by atoms with Crippen molar-refractivity contribution in [1.82, 2.24) is 9.88 Å². The van der Waals surface area contributed by atoms with Gasteiger partial charge >= 0.3 is 0 Å². The Morgan fingerprint density at radius 1 is 1.40 bits per heavy atom. The van der Waals surface area contributed by atoms with E-state index in [-0.39, 0.29) is 5.91 Å². The molecular weight excluding hydrogens is 250 g/mol. The molecule has 4 heteroatoms. The van der Waals surface area contributed by atoms with Crippen molar-refractivity contribution < 1.29 is 4.79 Å². The lowest BCUT2D eigenvalue weighted by Crippen LogP contribution is -2.35. The van der Waals surface area contributed by atoms with E-state index in [0.717, 1.165) is 55.8 Å². The molecule has 1 aliphatic rings. The predicted molar refractivity (Wildman–Crippen MR) is 82.1 cm³/mol. The fraction of sp³-hybridized carbons (Fsp3) is 0.625. The number of rotatable bonds is 5. The molecule has 2 heterocycles. The van der Waals surface area contributed by atoms with Crippen molar-refractivity contribution >= 4 is 11.7 Å². The van der Waals surface area contributed by atoms with Gasteiger partial charge in [0.1, 0.15) is 5.82 Å². The monoisotopic (exact) mass is 275 g/mol. The molecule has 1 atom stereocenters. The first kappa shape index (κ1) is 14.8. The molecule has 1 unspecified atom stereocenters. The quantitative estimate of drug-likeness (QED) is 0.898. The fourth-order valence-electron chi connectivity index (χ4n) is 2.86. The number of hydrogen-bond donors (Lipinski definition) is 1. The summed E-state index contributed by atoms with van der Waals surface area (Å²) in [5.74, 6) is 0.966. The van der Waals surface area contributed by atoms with Gasteiger partial charge in [0, 0.05) is 30.4 Å². The summed E-state index contributed by atoms with van der Waals surface area (Å²) in [5, 5.41) is 3.21.